The van der Waals surface area contributed by atoms with Crippen molar-refractivity contribution < 1.29 is 4.84 Å². The highest BCUT2D eigenvalue weighted by Crippen LogP contribution is 2.52. The van der Waals surface area contributed by atoms with Crippen LogP contribution in [-0.4, -0.2) is 11.8 Å². The lowest BCUT2D eigenvalue weighted by Gasteiger charge is -2.21. The predicted octanol–water partition coefficient (Wildman–Crippen LogP) is 1.81. The van der Waals surface area contributed by atoms with Gasteiger partial charge in [0.15, 0.2) is 0 Å². The van der Waals surface area contributed by atoms with E-state index in [2.05, 4.69) is 12.1 Å². The van der Waals surface area contributed by atoms with Crippen LogP contribution < -0.4 is 0 Å². The molecule has 0 aromatic heterocycles. The van der Waals surface area contributed by atoms with Crippen LogP contribution >= 0.6 is 0 Å². The standard InChI is InChI=1S/C9H13NO/c1-5-8-6-2-3-7(4-6)9(8)11-10-5/h6-9H,2-4H2,1H3. The molecule has 11 heavy (non-hydrogen) atoms. The molecule has 1 aliphatic heterocycles. The molecule has 0 aromatic carbocycles. The highest BCUT2D eigenvalue weighted by molar-refractivity contribution is 5.86. The third-order valence-electron chi connectivity index (χ3n) is 3.64. The van der Waals surface area contributed by atoms with Crippen LogP contribution in [0.5, 0.6) is 0 Å². The van der Waals surface area contributed by atoms with Crippen LogP contribution in [0.3, 0.4) is 0 Å². The summed E-state index contributed by atoms with van der Waals surface area (Å²) in [4.78, 5) is 5.41. The van der Waals surface area contributed by atoms with Crippen molar-refractivity contribution in [3.63, 3.8) is 0 Å². The molecule has 4 unspecified atom stereocenters. The fourth-order valence-corrected chi connectivity index (χ4v) is 3.17. The number of fused-ring (bicyclic) bond motifs is 5. The molecule has 1 heterocycles. The monoisotopic (exact) mass is 151 g/mol. The summed E-state index contributed by atoms with van der Waals surface area (Å²) >= 11 is 0. The SMILES string of the molecule is CC1=NOC2C3CCC(C3)C12. The van der Waals surface area contributed by atoms with Gasteiger partial charge in [-0.3, -0.25) is 0 Å². The van der Waals surface area contributed by atoms with Gasteiger partial charge in [-0.1, -0.05) is 5.16 Å². The molecular formula is C9H13NO. The van der Waals surface area contributed by atoms with Gasteiger partial charge >= 0.3 is 0 Å². The summed E-state index contributed by atoms with van der Waals surface area (Å²) in [5, 5.41) is 4.08. The molecule has 0 amide bonds. The highest BCUT2D eigenvalue weighted by Gasteiger charge is 2.52. The molecule has 2 fully saturated rings. The van der Waals surface area contributed by atoms with Gasteiger partial charge in [0.2, 0.25) is 0 Å². The topological polar surface area (TPSA) is 21.6 Å². The molecule has 3 rings (SSSR count). The van der Waals surface area contributed by atoms with Gasteiger partial charge in [0.25, 0.3) is 0 Å². The second kappa shape index (κ2) is 1.79. The van der Waals surface area contributed by atoms with Crippen molar-refractivity contribution >= 4 is 5.71 Å². The highest BCUT2D eigenvalue weighted by atomic mass is 16.6. The lowest BCUT2D eigenvalue weighted by molar-refractivity contribution is 0.0275. The van der Waals surface area contributed by atoms with E-state index >= 15 is 0 Å². The zero-order chi connectivity index (χ0) is 7.42. The number of oxime groups is 1. The Kier molecular flexibility index (Phi) is 0.984. The summed E-state index contributed by atoms with van der Waals surface area (Å²) in [6.45, 7) is 2.12. The van der Waals surface area contributed by atoms with E-state index in [9.17, 15) is 0 Å². The van der Waals surface area contributed by atoms with E-state index in [4.69, 9.17) is 4.84 Å². The van der Waals surface area contributed by atoms with Crippen LogP contribution in [0.4, 0.5) is 0 Å². The molecule has 2 heteroatoms. The van der Waals surface area contributed by atoms with Crippen molar-refractivity contribution in [3.05, 3.63) is 0 Å². The molecule has 60 valence electrons. The van der Waals surface area contributed by atoms with Gasteiger partial charge in [0.05, 0.1) is 5.71 Å². The normalized spacial score (nSPS) is 52.3. The smallest absolute Gasteiger partial charge is 0.138 e. The molecular weight excluding hydrogens is 138 g/mol. The third kappa shape index (κ3) is 0.608. The first kappa shape index (κ1) is 6.04. The summed E-state index contributed by atoms with van der Waals surface area (Å²) in [6, 6.07) is 0. The van der Waals surface area contributed by atoms with Gasteiger partial charge in [-0.25, -0.2) is 0 Å². The molecule has 0 spiro atoms. The zero-order valence-electron chi connectivity index (χ0n) is 6.79. The lowest BCUT2D eigenvalue weighted by atomic mass is 9.84. The molecule has 2 saturated carbocycles. The van der Waals surface area contributed by atoms with Crippen molar-refractivity contribution in [2.24, 2.45) is 22.9 Å². The Morgan fingerprint density at radius 3 is 3.00 bits per heavy atom. The van der Waals surface area contributed by atoms with E-state index < -0.39 is 0 Å². The largest absolute Gasteiger partial charge is 0.392 e. The average Bonchev–Trinajstić information content (AvgIpc) is 2.60. The Balaban J connectivity index is 1.96. The average molecular weight is 151 g/mol. The van der Waals surface area contributed by atoms with E-state index in [1.165, 1.54) is 25.0 Å². The number of rotatable bonds is 0. The Morgan fingerprint density at radius 1 is 1.36 bits per heavy atom. The van der Waals surface area contributed by atoms with Crippen LogP contribution in [0, 0.1) is 17.8 Å². The lowest BCUT2D eigenvalue weighted by Crippen LogP contribution is -2.28. The van der Waals surface area contributed by atoms with Crippen molar-refractivity contribution in [2.45, 2.75) is 32.3 Å². The first-order valence-corrected chi connectivity index (χ1v) is 4.56. The summed E-state index contributed by atoms with van der Waals surface area (Å²) in [7, 11) is 0. The molecule has 2 aliphatic carbocycles. The van der Waals surface area contributed by atoms with Crippen LogP contribution in [0.15, 0.2) is 5.16 Å². The Morgan fingerprint density at radius 2 is 2.18 bits per heavy atom. The number of hydrogen-bond acceptors (Lipinski definition) is 2. The minimum Gasteiger partial charge on any atom is -0.392 e. The molecule has 0 N–H and O–H groups in total. The molecule has 4 atom stereocenters. The van der Waals surface area contributed by atoms with Gasteiger partial charge in [-0.15, -0.1) is 0 Å². The first-order chi connectivity index (χ1) is 5.36. The Labute approximate surface area is 66.6 Å². The van der Waals surface area contributed by atoms with Gasteiger partial charge in [-0.2, -0.15) is 0 Å². The maximum absolute atomic E-state index is 5.41. The van der Waals surface area contributed by atoms with Gasteiger partial charge in [-0.05, 0) is 38.0 Å². The van der Waals surface area contributed by atoms with E-state index in [0.29, 0.717) is 12.0 Å². The predicted molar refractivity (Wildman–Crippen MR) is 42.3 cm³/mol. The van der Waals surface area contributed by atoms with Crippen LogP contribution in [-0.2, 0) is 4.84 Å². The van der Waals surface area contributed by atoms with Crippen LogP contribution in [0.1, 0.15) is 26.2 Å². The van der Waals surface area contributed by atoms with Crippen molar-refractivity contribution in [2.75, 3.05) is 0 Å². The maximum Gasteiger partial charge on any atom is 0.138 e. The van der Waals surface area contributed by atoms with Crippen LogP contribution in [0.25, 0.3) is 0 Å². The minimum atomic E-state index is 0.480. The Bertz CT molecular complexity index is 224. The van der Waals surface area contributed by atoms with E-state index in [-0.39, 0.29) is 0 Å². The van der Waals surface area contributed by atoms with Crippen LogP contribution in [0.2, 0.25) is 0 Å². The summed E-state index contributed by atoms with van der Waals surface area (Å²) < 4.78 is 0. The summed E-state index contributed by atoms with van der Waals surface area (Å²) in [5.74, 6) is 2.45. The fraction of sp³-hybridized carbons (Fsp3) is 0.889. The second-order valence-corrected chi connectivity index (χ2v) is 4.16. The summed E-state index contributed by atoms with van der Waals surface area (Å²) in [6.07, 6.45) is 4.69. The van der Waals surface area contributed by atoms with E-state index in [0.717, 1.165) is 11.8 Å². The molecule has 2 bridgehead atoms. The second-order valence-electron chi connectivity index (χ2n) is 4.16. The molecule has 0 aromatic rings. The van der Waals surface area contributed by atoms with E-state index in [1.807, 2.05) is 0 Å². The maximum atomic E-state index is 5.41. The van der Waals surface area contributed by atoms with Gasteiger partial charge < -0.3 is 4.84 Å². The van der Waals surface area contributed by atoms with Gasteiger partial charge in [0.1, 0.15) is 6.10 Å². The molecule has 0 saturated heterocycles. The number of nitrogens with zero attached hydrogens (tertiary/aromatic N) is 1. The van der Waals surface area contributed by atoms with Crippen molar-refractivity contribution in [3.8, 4) is 0 Å². The minimum absolute atomic E-state index is 0.480. The zero-order valence-corrected chi connectivity index (χ0v) is 6.79. The van der Waals surface area contributed by atoms with Crippen molar-refractivity contribution in [1.82, 2.24) is 0 Å². The first-order valence-electron chi connectivity index (χ1n) is 4.56. The fourth-order valence-electron chi connectivity index (χ4n) is 3.17. The van der Waals surface area contributed by atoms with Gasteiger partial charge in [0, 0.05) is 5.92 Å². The molecule has 0 radical (unpaired) electrons. The summed E-state index contributed by atoms with van der Waals surface area (Å²) in [5.41, 5.74) is 1.25. The van der Waals surface area contributed by atoms with E-state index in [1.54, 1.807) is 0 Å². The molecule has 3 aliphatic rings. The molecule has 2 nitrogen and oxygen atoms in total. The quantitative estimate of drug-likeness (QED) is 0.517. The van der Waals surface area contributed by atoms with Crippen molar-refractivity contribution in [1.29, 1.82) is 0 Å². The number of hydrogen-bond donors (Lipinski definition) is 0. The Hall–Kier alpha value is -0.530. The third-order valence-corrected chi connectivity index (χ3v) is 3.64.